The highest BCUT2D eigenvalue weighted by Crippen LogP contribution is 2.30. The Bertz CT molecular complexity index is 1480. The van der Waals surface area contributed by atoms with Crippen LogP contribution in [0, 0.1) is 18.3 Å². The third kappa shape index (κ3) is 2.94. The monoisotopic (exact) mass is 435 g/mol. The number of nitrogens with zero attached hydrogens (tertiary/aromatic N) is 8. The number of nitriles is 1. The van der Waals surface area contributed by atoms with Gasteiger partial charge in [-0.3, -0.25) is 4.68 Å². The second kappa shape index (κ2) is 6.86. The molecule has 0 saturated heterocycles. The van der Waals surface area contributed by atoms with E-state index in [4.69, 9.17) is 5.73 Å². The van der Waals surface area contributed by atoms with Gasteiger partial charge in [0, 0.05) is 12.1 Å². The Balaban J connectivity index is 1.57. The lowest BCUT2D eigenvalue weighted by Crippen LogP contribution is -2.38. The number of anilines is 1. The molecule has 0 aliphatic carbocycles. The van der Waals surface area contributed by atoms with Gasteiger partial charge in [0.15, 0.2) is 11.5 Å². The molecular weight excluding hydrogens is 418 g/mol. The lowest BCUT2D eigenvalue weighted by atomic mass is 10.1. The Morgan fingerprint density at radius 1 is 1.16 bits per heavy atom. The molecule has 3 aromatic heterocycles. The lowest BCUT2D eigenvalue weighted by Gasteiger charge is -2.27. The molecule has 0 fully saturated rings. The molecule has 0 unspecified atom stereocenters. The summed E-state index contributed by atoms with van der Waals surface area (Å²) in [5, 5.41) is 17.6. The summed E-state index contributed by atoms with van der Waals surface area (Å²) in [7, 11) is -3.80. The van der Waals surface area contributed by atoms with Gasteiger partial charge in [-0.15, -0.1) is 0 Å². The number of nitrogen functional groups attached to an aromatic ring is 1. The van der Waals surface area contributed by atoms with Gasteiger partial charge in [0.1, 0.15) is 12.4 Å². The second-order valence-corrected chi connectivity index (χ2v) is 9.12. The number of aromatic nitrogens is 6. The first-order valence-electron chi connectivity index (χ1n) is 9.40. The highest BCUT2D eigenvalue weighted by Gasteiger charge is 2.31. The molecule has 4 heterocycles. The molecule has 0 saturated carbocycles. The van der Waals surface area contributed by atoms with Gasteiger partial charge in [0.2, 0.25) is 10.0 Å². The van der Waals surface area contributed by atoms with Crippen LogP contribution in [-0.2, 0) is 23.1 Å². The fourth-order valence-electron chi connectivity index (χ4n) is 3.73. The Hall–Kier alpha value is -3.82. The van der Waals surface area contributed by atoms with Gasteiger partial charge < -0.3 is 5.73 Å². The molecule has 12 heteroatoms. The molecule has 1 aliphatic rings. The lowest BCUT2D eigenvalue weighted by molar-refractivity contribution is 0.326. The zero-order valence-corrected chi connectivity index (χ0v) is 17.3. The average molecular weight is 435 g/mol. The van der Waals surface area contributed by atoms with E-state index in [2.05, 4.69) is 26.2 Å². The Kier molecular flexibility index (Phi) is 4.24. The third-order valence-corrected chi connectivity index (χ3v) is 7.25. The Labute approximate surface area is 177 Å². The van der Waals surface area contributed by atoms with E-state index in [0.29, 0.717) is 34.7 Å². The number of rotatable bonds is 3. The number of hydrogen-bond donors (Lipinski definition) is 1. The van der Waals surface area contributed by atoms with Crippen molar-refractivity contribution in [3.63, 3.8) is 0 Å². The summed E-state index contributed by atoms with van der Waals surface area (Å²) in [5.41, 5.74) is 9.40. The van der Waals surface area contributed by atoms with Crippen molar-refractivity contribution in [1.82, 2.24) is 33.7 Å². The van der Waals surface area contributed by atoms with Crippen LogP contribution in [0.15, 0.2) is 41.8 Å². The predicted octanol–water partition coefficient (Wildman–Crippen LogP) is 0.955. The van der Waals surface area contributed by atoms with Crippen molar-refractivity contribution in [2.24, 2.45) is 0 Å². The van der Waals surface area contributed by atoms with E-state index in [1.807, 2.05) is 6.92 Å². The van der Waals surface area contributed by atoms with Gasteiger partial charge >= 0.3 is 0 Å². The molecule has 156 valence electrons. The van der Waals surface area contributed by atoms with E-state index in [0.717, 1.165) is 5.56 Å². The first-order valence-corrected chi connectivity index (χ1v) is 10.8. The van der Waals surface area contributed by atoms with Crippen molar-refractivity contribution < 1.29 is 8.42 Å². The summed E-state index contributed by atoms with van der Waals surface area (Å²) in [4.78, 5) is 8.35. The van der Waals surface area contributed by atoms with E-state index in [9.17, 15) is 13.7 Å². The summed E-state index contributed by atoms with van der Waals surface area (Å²) in [6.45, 7) is 2.63. The Morgan fingerprint density at radius 2 is 2.00 bits per heavy atom. The fourth-order valence-corrected chi connectivity index (χ4v) is 5.15. The smallest absolute Gasteiger partial charge is 0.243 e. The van der Waals surface area contributed by atoms with E-state index >= 15 is 0 Å². The summed E-state index contributed by atoms with van der Waals surface area (Å²) >= 11 is 0. The van der Waals surface area contributed by atoms with Crippen molar-refractivity contribution in [2.45, 2.75) is 24.9 Å². The summed E-state index contributed by atoms with van der Waals surface area (Å²) in [6.07, 6.45) is 4.39. The van der Waals surface area contributed by atoms with Crippen LogP contribution in [-0.4, -0.2) is 48.6 Å². The van der Waals surface area contributed by atoms with Crippen LogP contribution in [0.25, 0.3) is 16.9 Å². The highest BCUT2D eigenvalue weighted by molar-refractivity contribution is 7.89. The molecule has 5 rings (SSSR count). The van der Waals surface area contributed by atoms with Crippen LogP contribution in [0.5, 0.6) is 0 Å². The first-order chi connectivity index (χ1) is 14.9. The number of hydrogen-bond acceptors (Lipinski definition) is 8. The van der Waals surface area contributed by atoms with Crippen LogP contribution >= 0.6 is 0 Å². The van der Waals surface area contributed by atoms with Crippen LogP contribution in [0.4, 0.5) is 5.82 Å². The minimum Gasteiger partial charge on any atom is -0.381 e. The second-order valence-electron chi connectivity index (χ2n) is 7.18. The fraction of sp³-hybridized carbons (Fsp3) is 0.211. The van der Waals surface area contributed by atoms with Crippen molar-refractivity contribution in [2.75, 3.05) is 12.3 Å². The largest absolute Gasteiger partial charge is 0.381 e. The molecule has 2 N–H and O–H groups in total. The summed E-state index contributed by atoms with van der Waals surface area (Å²) in [6, 6.07) is 7.01. The standard InChI is InChI=1S/C19H17N9O2S/c1-12-2-3-14(6-15(12)16-9-22-19-18(21)23-11-25-28(16)19)31(29,30)26-4-5-27-17(10-26)13(7-20)8-24-27/h2-3,6,8-9,11H,4-5,10H2,1H3,(H2,21,23,25). The number of imidazole rings is 1. The SMILES string of the molecule is Cc1ccc(S(=O)(=O)N2CCn3ncc(C#N)c3C2)cc1-c1cnc2c(N)ncnn12. The molecule has 0 bridgehead atoms. The number of fused-ring (bicyclic) bond motifs is 2. The van der Waals surface area contributed by atoms with Gasteiger partial charge in [-0.1, -0.05) is 6.07 Å². The minimum absolute atomic E-state index is 0.0911. The van der Waals surface area contributed by atoms with E-state index in [1.165, 1.54) is 16.8 Å². The predicted molar refractivity (Wildman–Crippen MR) is 110 cm³/mol. The molecule has 31 heavy (non-hydrogen) atoms. The minimum atomic E-state index is -3.80. The van der Waals surface area contributed by atoms with Crippen molar-refractivity contribution >= 4 is 21.5 Å². The van der Waals surface area contributed by atoms with Crippen molar-refractivity contribution in [3.05, 3.63) is 53.7 Å². The molecule has 4 aromatic rings. The normalized spacial score (nSPS) is 14.5. The number of nitrogens with two attached hydrogens (primary N) is 1. The molecule has 0 amide bonds. The van der Waals surface area contributed by atoms with Gasteiger partial charge in [0.05, 0.1) is 47.3 Å². The zero-order chi connectivity index (χ0) is 21.8. The van der Waals surface area contributed by atoms with Crippen LogP contribution in [0.3, 0.4) is 0 Å². The van der Waals surface area contributed by atoms with Crippen LogP contribution in [0.1, 0.15) is 16.8 Å². The molecule has 1 aliphatic heterocycles. The topological polar surface area (TPSA) is 148 Å². The molecule has 11 nitrogen and oxygen atoms in total. The van der Waals surface area contributed by atoms with Gasteiger partial charge in [-0.25, -0.2) is 22.9 Å². The molecule has 0 spiro atoms. The van der Waals surface area contributed by atoms with Gasteiger partial charge in [-0.2, -0.15) is 19.8 Å². The average Bonchev–Trinajstić information content (AvgIpc) is 3.38. The van der Waals surface area contributed by atoms with Crippen molar-refractivity contribution in [1.29, 1.82) is 5.26 Å². The van der Waals surface area contributed by atoms with Crippen LogP contribution in [0.2, 0.25) is 0 Å². The van der Waals surface area contributed by atoms with Crippen molar-refractivity contribution in [3.8, 4) is 17.3 Å². The molecule has 0 radical (unpaired) electrons. The number of sulfonamides is 1. The maximum absolute atomic E-state index is 13.4. The first kappa shape index (κ1) is 19.2. The molecule has 1 aromatic carbocycles. The summed E-state index contributed by atoms with van der Waals surface area (Å²) in [5.74, 6) is 0.237. The molecular formula is C19H17N9O2S. The number of aryl methyl sites for hydroxylation is 1. The molecule has 0 atom stereocenters. The van der Waals surface area contributed by atoms with Crippen LogP contribution < -0.4 is 5.73 Å². The van der Waals surface area contributed by atoms with Gasteiger partial charge in [0.25, 0.3) is 0 Å². The van der Waals surface area contributed by atoms with E-state index in [-0.39, 0.29) is 23.8 Å². The maximum Gasteiger partial charge on any atom is 0.243 e. The zero-order valence-electron chi connectivity index (χ0n) is 16.5. The van der Waals surface area contributed by atoms with Gasteiger partial charge in [-0.05, 0) is 24.6 Å². The maximum atomic E-state index is 13.4. The van der Waals surface area contributed by atoms with E-state index in [1.54, 1.807) is 33.6 Å². The quantitative estimate of drug-likeness (QED) is 0.500. The highest BCUT2D eigenvalue weighted by atomic mass is 32.2. The summed E-state index contributed by atoms with van der Waals surface area (Å²) < 4.78 is 31.4. The van der Waals surface area contributed by atoms with E-state index < -0.39 is 10.0 Å². The Morgan fingerprint density at radius 3 is 2.81 bits per heavy atom. The third-order valence-electron chi connectivity index (χ3n) is 5.41. The number of benzene rings is 1.